The first kappa shape index (κ1) is 30.3. The highest BCUT2D eigenvalue weighted by Gasteiger charge is 2.45. The summed E-state index contributed by atoms with van der Waals surface area (Å²) in [6, 6.07) is 12.6. The number of anilines is 3. The molecule has 1 aliphatic heterocycles. The molecule has 12 heteroatoms. The lowest BCUT2D eigenvalue weighted by atomic mass is 9.95. The smallest absolute Gasteiger partial charge is 0.253 e. The number of carbonyl (C=O) groups excluding carboxylic acids is 2. The van der Waals surface area contributed by atoms with Crippen LogP contribution >= 0.6 is 23.2 Å². The van der Waals surface area contributed by atoms with Crippen molar-refractivity contribution in [2.24, 2.45) is 18.9 Å². The number of pyridine rings is 1. The number of imidazole rings is 1. The molecule has 2 atom stereocenters. The van der Waals surface area contributed by atoms with Crippen molar-refractivity contribution >= 4 is 63.4 Å². The van der Waals surface area contributed by atoms with Gasteiger partial charge in [0.15, 0.2) is 0 Å². The first-order chi connectivity index (χ1) is 22.3. The molecule has 2 unspecified atom stereocenters. The number of hydrogen-bond acceptors (Lipinski definition) is 7. The molecule has 3 N–H and O–H groups in total. The summed E-state index contributed by atoms with van der Waals surface area (Å²) in [5, 5.41) is 19.2. The van der Waals surface area contributed by atoms with Crippen molar-refractivity contribution in [1.29, 1.82) is 5.26 Å². The number of aromatic nitrogens is 3. The number of nitrogens with zero attached hydrogens (tertiary/aromatic N) is 5. The van der Waals surface area contributed by atoms with Crippen LogP contribution in [0, 0.1) is 23.2 Å². The second-order valence-electron chi connectivity index (χ2n) is 12.6. The number of amides is 2. The van der Waals surface area contributed by atoms with Gasteiger partial charge in [0.25, 0.3) is 11.8 Å². The molecule has 0 spiro atoms. The van der Waals surface area contributed by atoms with Gasteiger partial charge in [-0.3, -0.25) is 9.59 Å². The average molecular weight is 658 g/mol. The normalized spacial score (nSPS) is 19.0. The summed E-state index contributed by atoms with van der Waals surface area (Å²) in [5.41, 5.74) is 4.88. The zero-order valence-corrected chi connectivity index (χ0v) is 27.0. The standard InChI is InChI=1S/C34H34Cl2N8O2/c1-43-29-13-28(44-17-21-11-22(21)18-44)25(33(46)40-23-5-3-2-4-6-23)12-27(29)41-34(43)42-31-26(35)10-8-19(30(31)36)15-39-32(45)20-7-9-24(14-37)38-16-20/h7-10,12-13,16,21-23H,2-6,11,15,17-18H2,1H3,(H,39,45)(H,40,46)(H,41,42). The minimum atomic E-state index is -0.345. The van der Waals surface area contributed by atoms with E-state index in [4.69, 9.17) is 33.4 Å². The van der Waals surface area contributed by atoms with Crippen LogP contribution in [-0.4, -0.2) is 45.5 Å². The number of benzene rings is 2. The maximum absolute atomic E-state index is 13.7. The van der Waals surface area contributed by atoms with Gasteiger partial charge in [-0.2, -0.15) is 5.26 Å². The quantitative estimate of drug-likeness (QED) is 0.202. The number of fused-ring (bicyclic) bond motifs is 2. The largest absolute Gasteiger partial charge is 0.370 e. The minimum absolute atomic E-state index is 0.0397. The van der Waals surface area contributed by atoms with E-state index < -0.39 is 0 Å². The molecule has 2 aromatic carbocycles. The number of halogens is 2. The fraction of sp³-hybridized carbons (Fsp3) is 0.382. The molecule has 0 bridgehead atoms. The van der Waals surface area contributed by atoms with Crippen molar-refractivity contribution in [3.8, 4) is 6.07 Å². The zero-order chi connectivity index (χ0) is 31.9. The highest BCUT2D eigenvalue weighted by molar-refractivity contribution is 6.39. The molecule has 0 radical (unpaired) electrons. The summed E-state index contributed by atoms with van der Waals surface area (Å²) in [4.78, 5) is 37.6. The predicted octanol–water partition coefficient (Wildman–Crippen LogP) is 6.34. The van der Waals surface area contributed by atoms with Gasteiger partial charge in [-0.25, -0.2) is 9.97 Å². The molecule has 3 heterocycles. The maximum Gasteiger partial charge on any atom is 0.253 e. The van der Waals surface area contributed by atoms with Crippen LogP contribution in [0.15, 0.2) is 42.6 Å². The van der Waals surface area contributed by atoms with E-state index in [1.807, 2.05) is 23.8 Å². The Morgan fingerprint density at radius 1 is 1.04 bits per heavy atom. The van der Waals surface area contributed by atoms with Gasteiger partial charge in [0.1, 0.15) is 11.8 Å². The molecule has 7 rings (SSSR count). The molecular formula is C34H34Cl2N8O2. The Balaban J connectivity index is 1.15. The van der Waals surface area contributed by atoms with E-state index in [1.54, 1.807) is 18.2 Å². The van der Waals surface area contributed by atoms with Crippen molar-refractivity contribution in [2.75, 3.05) is 23.3 Å². The highest BCUT2D eigenvalue weighted by atomic mass is 35.5. The number of aryl methyl sites for hydroxylation is 1. The lowest BCUT2D eigenvalue weighted by Gasteiger charge is -2.26. The summed E-state index contributed by atoms with van der Waals surface area (Å²) in [6.45, 7) is 2.09. The fourth-order valence-electron chi connectivity index (χ4n) is 6.72. The van der Waals surface area contributed by atoms with E-state index in [1.165, 1.54) is 25.1 Å². The van der Waals surface area contributed by atoms with Gasteiger partial charge in [0.05, 0.1) is 43.6 Å². The van der Waals surface area contributed by atoms with Gasteiger partial charge in [0, 0.05) is 38.9 Å². The van der Waals surface area contributed by atoms with Crippen LogP contribution in [0.25, 0.3) is 11.0 Å². The van der Waals surface area contributed by atoms with Crippen LogP contribution in [0.2, 0.25) is 10.0 Å². The molecule has 2 saturated carbocycles. The van der Waals surface area contributed by atoms with Crippen LogP contribution in [0.4, 0.5) is 17.3 Å². The summed E-state index contributed by atoms with van der Waals surface area (Å²) in [6.07, 6.45) is 8.20. The lowest BCUT2D eigenvalue weighted by molar-refractivity contribution is 0.0925. The average Bonchev–Trinajstić information content (AvgIpc) is 3.56. The summed E-state index contributed by atoms with van der Waals surface area (Å²) < 4.78 is 1.94. The topological polar surface area (TPSA) is 128 Å². The Bertz CT molecular complexity index is 1870. The Labute approximate surface area is 277 Å². The van der Waals surface area contributed by atoms with Crippen molar-refractivity contribution in [1.82, 2.24) is 25.2 Å². The summed E-state index contributed by atoms with van der Waals surface area (Å²) in [5.74, 6) is 1.57. The van der Waals surface area contributed by atoms with Gasteiger partial charge < -0.3 is 25.4 Å². The third-order valence-electron chi connectivity index (χ3n) is 9.49. The van der Waals surface area contributed by atoms with Crippen LogP contribution < -0.4 is 20.9 Å². The van der Waals surface area contributed by atoms with Gasteiger partial charge in [-0.15, -0.1) is 0 Å². The number of hydrogen-bond donors (Lipinski definition) is 3. The van der Waals surface area contributed by atoms with Crippen molar-refractivity contribution in [2.45, 2.75) is 51.1 Å². The van der Waals surface area contributed by atoms with Crippen LogP contribution in [0.5, 0.6) is 0 Å². The predicted molar refractivity (Wildman–Crippen MR) is 179 cm³/mol. The maximum atomic E-state index is 13.7. The van der Waals surface area contributed by atoms with E-state index in [-0.39, 0.29) is 30.1 Å². The monoisotopic (exact) mass is 656 g/mol. The van der Waals surface area contributed by atoms with Gasteiger partial charge in [-0.1, -0.05) is 48.5 Å². The molecule has 46 heavy (non-hydrogen) atoms. The van der Waals surface area contributed by atoms with Crippen molar-refractivity contribution in [3.63, 3.8) is 0 Å². The molecule has 2 aromatic heterocycles. The van der Waals surface area contributed by atoms with Gasteiger partial charge >= 0.3 is 0 Å². The SMILES string of the molecule is Cn1c(Nc2c(Cl)ccc(CNC(=O)c3ccc(C#N)nc3)c2Cl)nc2cc(C(=O)NC3CCCCC3)c(N3CC4CC4C3)cc21. The first-order valence-electron chi connectivity index (χ1n) is 15.7. The lowest BCUT2D eigenvalue weighted by Crippen LogP contribution is -2.37. The summed E-state index contributed by atoms with van der Waals surface area (Å²) >= 11 is 13.4. The molecule has 3 aliphatic rings. The number of nitrogens with one attached hydrogen (secondary N) is 3. The number of rotatable bonds is 8. The zero-order valence-electron chi connectivity index (χ0n) is 25.4. The van der Waals surface area contributed by atoms with Crippen LogP contribution in [0.1, 0.15) is 70.5 Å². The van der Waals surface area contributed by atoms with Gasteiger partial charge in [0.2, 0.25) is 5.95 Å². The third kappa shape index (κ3) is 5.97. The minimum Gasteiger partial charge on any atom is -0.370 e. The molecule has 1 saturated heterocycles. The number of piperidine rings is 1. The Hall–Kier alpha value is -4.33. The third-order valence-corrected chi connectivity index (χ3v) is 10.2. The van der Waals surface area contributed by atoms with Crippen molar-refractivity contribution in [3.05, 3.63) is 75.0 Å². The molecule has 236 valence electrons. The molecule has 10 nitrogen and oxygen atoms in total. The highest BCUT2D eigenvalue weighted by Crippen LogP contribution is 2.47. The van der Waals surface area contributed by atoms with E-state index in [0.29, 0.717) is 43.9 Å². The van der Waals surface area contributed by atoms with E-state index in [0.717, 1.165) is 61.8 Å². The van der Waals surface area contributed by atoms with E-state index in [2.05, 4.69) is 31.9 Å². The summed E-state index contributed by atoms with van der Waals surface area (Å²) in [7, 11) is 1.92. The fourth-order valence-corrected chi connectivity index (χ4v) is 7.25. The van der Waals surface area contributed by atoms with Crippen LogP contribution in [0.3, 0.4) is 0 Å². The second-order valence-corrected chi connectivity index (χ2v) is 13.4. The number of carbonyl (C=O) groups is 2. The second kappa shape index (κ2) is 12.5. The number of nitriles is 1. The molecule has 4 aromatic rings. The van der Waals surface area contributed by atoms with E-state index in [9.17, 15) is 9.59 Å². The van der Waals surface area contributed by atoms with E-state index >= 15 is 0 Å². The Morgan fingerprint density at radius 2 is 1.83 bits per heavy atom. The van der Waals surface area contributed by atoms with Crippen LogP contribution in [-0.2, 0) is 13.6 Å². The molecule has 2 aliphatic carbocycles. The molecular weight excluding hydrogens is 623 g/mol. The van der Waals surface area contributed by atoms with Gasteiger partial charge in [-0.05, 0) is 67.0 Å². The van der Waals surface area contributed by atoms with Crippen molar-refractivity contribution < 1.29 is 9.59 Å². The Kier molecular flexibility index (Phi) is 8.22. The Morgan fingerprint density at radius 3 is 2.54 bits per heavy atom. The first-order valence-corrected chi connectivity index (χ1v) is 16.5. The molecule has 2 amide bonds. The molecule has 3 fully saturated rings.